The Morgan fingerprint density at radius 1 is 1.45 bits per heavy atom. The minimum atomic E-state index is 0.436. The van der Waals surface area contributed by atoms with Gasteiger partial charge in [-0.25, -0.2) is 0 Å². The zero-order valence-corrected chi connectivity index (χ0v) is 12.0. The Morgan fingerprint density at radius 3 is 3.15 bits per heavy atom. The molecule has 1 fully saturated rings. The molecule has 20 heavy (non-hydrogen) atoms. The average Bonchev–Trinajstić information content (AvgIpc) is 2.94. The predicted octanol–water partition coefficient (Wildman–Crippen LogP) is 2.29. The molecule has 4 heteroatoms. The van der Waals surface area contributed by atoms with Crippen molar-refractivity contribution >= 4 is 10.9 Å². The van der Waals surface area contributed by atoms with Crippen LogP contribution in [0.5, 0.6) is 0 Å². The van der Waals surface area contributed by atoms with Gasteiger partial charge in [0.15, 0.2) is 0 Å². The first kappa shape index (κ1) is 13.5. The van der Waals surface area contributed by atoms with Crippen molar-refractivity contribution in [1.29, 1.82) is 0 Å². The molecule has 1 atom stereocenters. The van der Waals surface area contributed by atoms with E-state index >= 15 is 0 Å². The van der Waals surface area contributed by atoms with E-state index in [4.69, 9.17) is 10.7 Å². The predicted molar refractivity (Wildman–Crippen MR) is 81.5 cm³/mol. The van der Waals surface area contributed by atoms with Crippen LogP contribution in [-0.4, -0.2) is 34.5 Å². The third-order valence-corrected chi connectivity index (χ3v) is 4.20. The Bertz CT molecular complexity index is 596. The first-order valence-electron chi connectivity index (χ1n) is 7.51. The molecule has 106 valence electrons. The van der Waals surface area contributed by atoms with Gasteiger partial charge in [-0.3, -0.25) is 14.9 Å². The van der Waals surface area contributed by atoms with Crippen LogP contribution in [0.4, 0.5) is 0 Å². The zero-order chi connectivity index (χ0) is 13.9. The molecule has 1 aliphatic rings. The van der Waals surface area contributed by atoms with Crippen molar-refractivity contribution in [1.82, 2.24) is 14.9 Å². The summed E-state index contributed by atoms with van der Waals surface area (Å²) in [6.07, 6.45) is 7.16. The molecule has 0 aliphatic carbocycles. The van der Waals surface area contributed by atoms with E-state index in [1.165, 1.54) is 24.1 Å². The second kappa shape index (κ2) is 5.85. The molecule has 2 aromatic rings. The lowest BCUT2D eigenvalue weighted by molar-refractivity contribution is 0.259. The van der Waals surface area contributed by atoms with E-state index in [0.717, 1.165) is 37.0 Å². The maximum absolute atomic E-state index is 5.74. The van der Waals surface area contributed by atoms with Crippen LogP contribution in [0.3, 0.4) is 0 Å². The maximum atomic E-state index is 5.74. The molecule has 3 rings (SSSR count). The number of hydrogen-bond donors (Lipinski definition) is 1. The Hall–Kier alpha value is -1.52. The quantitative estimate of drug-likeness (QED) is 0.926. The van der Waals surface area contributed by atoms with E-state index in [9.17, 15) is 0 Å². The van der Waals surface area contributed by atoms with E-state index < -0.39 is 0 Å². The minimum absolute atomic E-state index is 0.436. The fourth-order valence-corrected chi connectivity index (χ4v) is 3.22. The van der Waals surface area contributed by atoms with Crippen LogP contribution < -0.4 is 5.73 Å². The number of hydrogen-bond acceptors (Lipinski definition) is 4. The molecular weight excluding hydrogens is 248 g/mol. The molecule has 2 aromatic heterocycles. The highest BCUT2D eigenvalue weighted by Gasteiger charge is 2.28. The highest BCUT2D eigenvalue weighted by atomic mass is 15.2. The van der Waals surface area contributed by atoms with Crippen molar-refractivity contribution in [3.8, 4) is 0 Å². The number of nitrogens with two attached hydrogens (primary N) is 1. The monoisotopic (exact) mass is 270 g/mol. The number of aryl methyl sites for hydroxylation is 1. The number of likely N-dealkylation sites (tertiary alicyclic amines) is 1. The second-order valence-electron chi connectivity index (χ2n) is 5.44. The van der Waals surface area contributed by atoms with E-state index in [2.05, 4.69) is 22.9 Å². The van der Waals surface area contributed by atoms with Gasteiger partial charge >= 0.3 is 0 Å². The van der Waals surface area contributed by atoms with Gasteiger partial charge in [-0.1, -0.05) is 6.92 Å². The standard InChI is InChI=1S/C16H22N4/c1-2-12-10-13-11-18-7-5-14(13)19-16(12)15-4-3-8-20(15)9-6-17/h5,7,10-11,15H,2-4,6,8-9,17H2,1H3. The molecule has 0 radical (unpaired) electrons. The molecule has 4 nitrogen and oxygen atoms in total. The normalized spacial score (nSPS) is 19.8. The van der Waals surface area contributed by atoms with Crippen LogP contribution in [0.25, 0.3) is 10.9 Å². The van der Waals surface area contributed by atoms with Gasteiger partial charge in [0.05, 0.1) is 17.3 Å². The van der Waals surface area contributed by atoms with Crippen molar-refractivity contribution in [3.63, 3.8) is 0 Å². The highest BCUT2D eigenvalue weighted by Crippen LogP contribution is 2.33. The summed E-state index contributed by atoms with van der Waals surface area (Å²) in [5, 5.41) is 1.14. The van der Waals surface area contributed by atoms with E-state index in [-0.39, 0.29) is 0 Å². The van der Waals surface area contributed by atoms with Gasteiger partial charge < -0.3 is 5.73 Å². The fourth-order valence-electron chi connectivity index (χ4n) is 3.22. The maximum Gasteiger partial charge on any atom is 0.0737 e. The number of pyridine rings is 2. The summed E-state index contributed by atoms with van der Waals surface area (Å²) >= 11 is 0. The Labute approximate surface area is 120 Å². The summed E-state index contributed by atoms with van der Waals surface area (Å²) in [5.41, 5.74) is 9.38. The van der Waals surface area contributed by atoms with Gasteiger partial charge in [-0.2, -0.15) is 0 Å². The van der Waals surface area contributed by atoms with Crippen molar-refractivity contribution < 1.29 is 0 Å². The summed E-state index contributed by atoms with van der Waals surface area (Å²) in [6, 6.07) is 4.69. The van der Waals surface area contributed by atoms with Crippen LogP contribution in [0.2, 0.25) is 0 Å². The number of aromatic nitrogens is 2. The van der Waals surface area contributed by atoms with Crippen LogP contribution in [0.15, 0.2) is 24.5 Å². The van der Waals surface area contributed by atoms with Gasteiger partial charge in [-0.05, 0) is 43.5 Å². The lowest BCUT2D eigenvalue weighted by Gasteiger charge is -2.25. The zero-order valence-electron chi connectivity index (χ0n) is 12.0. The summed E-state index contributed by atoms with van der Waals surface area (Å²) in [6.45, 7) is 5.02. The van der Waals surface area contributed by atoms with Crippen LogP contribution >= 0.6 is 0 Å². The van der Waals surface area contributed by atoms with E-state index in [0.29, 0.717) is 6.04 Å². The SMILES string of the molecule is CCc1cc2cnccc2nc1C1CCCN1CCN. The first-order valence-corrected chi connectivity index (χ1v) is 7.51. The molecule has 3 heterocycles. The smallest absolute Gasteiger partial charge is 0.0737 e. The Kier molecular flexibility index (Phi) is 3.94. The molecule has 0 amide bonds. The molecule has 0 saturated carbocycles. The lowest BCUT2D eigenvalue weighted by Crippen LogP contribution is -2.30. The average molecular weight is 270 g/mol. The minimum Gasteiger partial charge on any atom is -0.329 e. The number of rotatable bonds is 4. The van der Waals surface area contributed by atoms with Crippen LogP contribution in [0.1, 0.15) is 37.1 Å². The van der Waals surface area contributed by atoms with Gasteiger partial charge in [-0.15, -0.1) is 0 Å². The molecule has 0 bridgehead atoms. The van der Waals surface area contributed by atoms with Crippen molar-refractivity contribution in [2.75, 3.05) is 19.6 Å². The molecule has 0 spiro atoms. The molecule has 1 saturated heterocycles. The second-order valence-corrected chi connectivity index (χ2v) is 5.44. The topological polar surface area (TPSA) is 55.0 Å². The Morgan fingerprint density at radius 2 is 2.35 bits per heavy atom. The first-order chi connectivity index (χ1) is 9.83. The Balaban J connectivity index is 2.04. The molecule has 1 aliphatic heterocycles. The van der Waals surface area contributed by atoms with Crippen molar-refractivity contribution in [2.24, 2.45) is 5.73 Å². The summed E-state index contributed by atoms with van der Waals surface area (Å²) < 4.78 is 0. The van der Waals surface area contributed by atoms with Crippen molar-refractivity contribution in [3.05, 3.63) is 35.8 Å². The van der Waals surface area contributed by atoms with Gasteiger partial charge in [0, 0.05) is 30.9 Å². The van der Waals surface area contributed by atoms with Crippen LogP contribution in [-0.2, 0) is 6.42 Å². The fraction of sp³-hybridized carbons (Fsp3) is 0.500. The van der Waals surface area contributed by atoms with E-state index in [1.807, 2.05) is 18.5 Å². The molecule has 0 aromatic carbocycles. The molecule has 2 N–H and O–H groups in total. The van der Waals surface area contributed by atoms with Gasteiger partial charge in [0.1, 0.15) is 0 Å². The highest BCUT2D eigenvalue weighted by molar-refractivity contribution is 5.78. The molecular formula is C16H22N4. The van der Waals surface area contributed by atoms with Crippen LogP contribution in [0, 0.1) is 0 Å². The lowest BCUT2D eigenvalue weighted by atomic mass is 10.0. The number of nitrogens with zero attached hydrogens (tertiary/aromatic N) is 3. The summed E-state index contributed by atoms with van der Waals surface area (Å²) in [5.74, 6) is 0. The van der Waals surface area contributed by atoms with Gasteiger partial charge in [0.25, 0.3) is 0 Å². The van der Waals surface area contributed by atoms with E-state index in [1.54, 1.807) is 0 Å². The third-order valence-electron chi connectivity index (χ3n) is 4.20. The summed E-state index contributed by atoms with van der Waals surface area (Å²) in [4.78, 5) is 11.6. The number of fused-ring (bicyclic) bond motifs is 1. The van der Waals surface area contributed by atoms with Gasteiger partial charge in [0.2, 0.25) is 0 Å². The third kappa shape index (κ3) is 2.41. The van der Waals surface area contributed by atoms with Crippen molar-refractivity contribution in [2.45, 2.75) is 32.2 Å². The summed E-state index contributed by atoms with van der Waals surface area (Å²) in [7, 11) is 0. The largest absolute Gasteiger partial charge is 0.329 e. The molecule has 1 unspecified atom stereocenters.